The Morgan fingerprint density at radius 1 is 1.00 bits per heavy atom. The van der Waals surface area contributed by atoms with Crippen LogP contribution in [0.15, 0.2) is 36.5 Å². The number of anilines is 2. The van der Waals surface area contributed by atoms with Crippen LogP contribution in [0.2, 0.25) is 0 Å². The highest BCUT2D eigenvalue weighted by atomic mass is 19.4. The highest BCUT2D eigenvalue weighted by Crippen LogP contribution is 2.38. The number of nitrogens with zero attached hydrogens (tertiary/aromatic N) is 4. The Morgan fingerprint density at radius 3 is 2.10 bits per heavy atom. The van der Waals surface area contributed by atoms with Crippen molar-refractivity contribution in [2.24, 2.45) is 7.05 Å². The van der Waals surface area contributed by atoms with Crippen LogP contribution in [0.5, 0.6) is 0 Å². The van der Waals surface area contributed by atoms with Gasteiger partial charge in [-0.3, -0.25) is 4.68 Å². The average molecular weight is 431 g/mol. The molecular weight excluding hydrogens is 420 g/mol. The van der Waals surface area contributed by atoms with E-state index in [1.807, 2.05) is 0 Å². The van der Waals surface area contributed by atoms with Gasteiger partial charge in [0.05, 0.1) is 16.8 Å². The lowest BCUT2D eigenvalue weighted by atomic mass is 10.1. The van der Waals surface area contributed by atoms with Gasteiger partial charge in [-0.1, -0.05) is 0 Å². The molecule has 0 aliphatic rings. The van der Waals surface area contributed by atoms with Crippen LogP contribution in [-0.4, -0.2) is 30.8 Å². The molecule has 0 unspecified atom stereocenters. The minimum absolute atomic E-state index is 0.00375. The van der Waals surface area contributed by atoms with Gasteiger partial charge in [0.25, 0.3) is 0 Å². The molecule has 2 N–H and O–H groups in total. The first-order valence-corrected chi connectivity index (χ1v) is 8.02. The summed E-state index contributed by atoms with van der Waals surface area (Å²) in [6.45, 7) is 0. The standard InChI is InChI=1S/C17H11F6N5O2/c1-28-13(14(29)30)7-12(27-28)11-2-3-24-15(26-11)25-10-5-8(16(18,19)20)4-9(6-10)17(21,22)23/h2-7H,1H3,(H,29,30)(H,24,25,26). The first kappa shape index (κ1) is 21.1. The third kappa shape index (κ3) is 4.50. The molecule has 0 spiro atoms. The highest BCUT2D eigenvalue weighted by molar-refractivity contribution is 5.87. The Morgan fingerprint density at radius 2 is 1.60 bits per heavy atom. The van der Waals surface area contributed by atoms with Crippen LogP contribution in [0.4, 0.5) is 38.0 Å². The summed E-state index contributed by atoms with van der Waals surface area (Å²) < 4.78 is 79.0. The first-order valence-electron chi connectivity index (χ1n) is 8.02. The third-order valence-corrected chi connectivity index (χ3v) is 3.86. The van der Waals surface area contributed by atoms with E-state index in [1.54, 1.807) is 0 Å². The Labute approximate surface area is 164 Å². The van der Waals surface area contributed by atoms with Crippen molar-refractivity contribution in [2.75, 3.05) is 5.32 Å². The molecule has 0 radical (unpaired) electrons. The van der Waals surface area contributed by atoms with Crippen molar-refractivity contribution in [3.8, 4) is 11.4 Å². The summed E-state index contributed by atoms with van der Waals surface area (Å²) >= 11 is 0. The first-order chi connectivity index (χ1) is 13.8. The molecule has 0 aliphatic heterocycles. The fourth-order valence-corrected chi connectivity index (χ4v) is 2.51. The molecule has 0 amide bonds. The smallest absolute Gasteiger partial charge is 0.416 e. The molecule has 3 aromatic rings. The molecule has 2 aromatic heterocycles. The van der Waals surface area contributed by atoms with Crippen LogP contribution < -0.4 is 5.32 Å². The van der Waals surface area contributed by atoms with Gasteiger partial charge in [-0.05, 0) is 24.3 Å². The maximum atomic E-state index is 13.0. The van der Waals surface area contributed by atoms with Crippen molar-refractivity contribution in [1.29, 1.82) is 0 Å². The number of benzene rings is 1. The number of carboxylic acid groups (broad SMARTS) is 1. The fraction of sp³-hybridized carbons (Fsp3) is 0.176. The van der Waals surface area contributed by atoms with Gasteiger partial charge in [0, 0.05) is 25.0 Å². The van der Waals surface area contributed by atoms with Crippen LogP contribution in [0.25, 0.3) is 11.4 Å². The monoisotopic (exact) mass is 431 g/mol. The number of nitrogens with one attached hydrogen (secondary N) is 1. The Kier molecular flexibility index (Phi) is 5.14. The number of hydrogen-bond acceptors (Lipinski definition) is 5. The van der Waals surface area contributed by atoms with Crippen LogP contribution in [0.3, 0.4) is 0 Å². The summed E-state index contributed by atoms with van der Waals surface area (Å²) in [5.41, 5.74) is -3.43. The van der Waals surface area contributed by atoms with Gasteiger partial charge in [0.1, 0.15) is 11.4 Å². The average Bonchev–Trinajstić information content (AvgIpc) is 3.02. The zero-order valence-corrected chi connectivity index (χ0v) is 14.9. The fourth-order valence-electron chi connectivity index (χ4n) is 2.51. The van der Waals surface area contributed by atoms with Crippen molar-refractivity contribution >= 4 is 17.6 Å². The number of aromatic nitrogens is 4. The largest absolute Gasteiger partial charge is 0.477 e. The zero-order valence-electron chi connectivity index (χ0n) is 14.9. The normalized spacial score (nSPS) is 12.1. The Bertz CT molecular complexity index is 1070. The van der Waals surface area contributed by atoms with E-state index in [-0.39, 0.29) is 29.1 Å². The third-order valence-electron chi connectivity index (χ3n) is 3.86. The lowest BCUT2D eigenvalue weighted by Crippen LogP contribution is -2.12. The van der Waals surface area contributed by atoms with Crippen molar-refractivity contribution in [2.45, 2.75) is 12.4 Å². The molecule has 0 bridgehead atoms. The van der Waals surface area contributed by atoms with Crippen molar-refractivity contribution < 1.29 is 36.2 Å². The Balaban J connectivity index is 1.98. The SMILES string of the molecule is Cn1nc(-c2ccnc(Nc3cc(C(F)(F)F)cc(C(F)(F)F)c3)n2)cc1C(=O)O. The summed E-state index contributed by atoms with van der Waals surface area (Å²) in [4.78, 5) is 18.9. The van der Waals surface area contributed by atoms with E-state index < -0.39 is 35.1 Å². The van der Waals surface area contributed by atoms with Crippen LogP contribution in [0, 0.1) is 0 Å². The number of hydrogen-bond donors (Lipinski definition) is 2. The van der Waals surface area contributed by atoms with Crippen LogP contribution >= 0.6 is 0 Å². The van der Waals surface area contributed by atoms with Gasteiger partial charge >= 0.3 is 18.3 Å². The second kappa shape index (κ2) is 7.31. The minimum atomic E-state index is -5.00. The molecule has 1 aromatic carbocycles. The van der Waals surface area contributed by atoms with Crippen LogP contribution in [-0.2, 0) is 19.4 Å². The molecule has 0 saturated heterocycles. The molecule has 0 atom stereocenters. The van der Waals surface area contributed by atoms with Gasteiger partial charge in [-0.25, -0.2) is 14.8 Å². The molecule has 0 saturated carbocycles. The van der Waals surface area contributed by atoms with Crippen LogP contribution in [0.1, 0.15) is 21.6 Å². The number of carboxylic acids is 1. The van der Waals surface area contributed by atoms with E-state index in [4.69, 9.17) is 5.11 Å². The second-order valence-corrected chi connectivity index (χ2v) is 6.03. The number of carbonyl (C=O) groups is 1. The van der Waals surface area contributed by atoms with E-state index in [2.05, 4.69) is 20.4 Å². The van der Waals surface area contributed by atoms with Gasteiger partial charge < -0.3 is 10.4 Å². The molecule has 13 heteroatoms. The van der Waals surface area contributed by atoms with Gasteiger partial charge in [0.2, 0.25) is 5.95 Å². The second-order valence-electron chi connectivity index (χ2n) is 6.03. The summed E-state index contributed by atoms with van der Waals surface area (Å²) in [6, 6.07) is 3.56. The highest BCUT2D eigenvalue weighted by Gasteiger charge is 2.37. The lowest BCUT2D eigenvalue weighted by Gasteiger charge is -2.14. The molecule has 2 heterocycles. The number of halogens is 6. The predicted octanol–water partition coefficient (Wildman–Crippen LogP) is 4.36. The summed E-state index contributed by atoms with van der Waals surface area (Å²) in [6.07, 6.45) is -8.80. The molecular formula is C17H11F6N5O2. The van der Waals surface area contributed by atoms with Crippen molar-refractivity contribution in [3.63, 3.8) is 0 Å². The Hall–Kier alpha value is -3.64. The van der Waals surface area contributed by atoms with Crippen molar-refractivity contribution in [3.05, 3.63) is 53.3 Å². The maximum Gasteiger partial charge on any atom is 0.416 e. The van der Waals surface area contributed by atoms with E-state index in [0.29, 0.717) is 12.1 Å². The summed E-state index contributed by atoms with van der Waals surface area (Å²) in [5.74, 6) is -1.55. The van der Waals surface area contributed by atoms with E-state index in [0.717, 1.165) is 4.68 Å². The molecule has 0 fully saturated rings. The van der Waals surface area contributed by atoms with Gasteiger partial charge in [0.15, 0.2) is 0 Å². The summed E-state index contributed by atoms with van der Waals surface area (Å²) in [5, 5.41) is 15.3. The maximum absolute atomic E-state index is 13.0. The molecule has 7 nitrogen and oxygen atoms in total. The van der Waals surface area contributed by atoms with E-state index in [9.17, 15) is 31.1 Å². The molecule has 158 valence electrons. The van der Waals surface area contributed by atoms with Crippen molar-refractivity contribution in [1.82, 2.24) is 19.7 Å². The number of aryl methyl sites for hydroxylation is 1. The van der Waals surface area contributed by atoms with Gasteiger partial charge in [-0.15, -0.1) is 0 Å². The summed E-state index contributed by atoms with van der Waals surface area (Å²) in [7, 11) is 1.38. The zero-order chi connectivity index (χ0) is 22.3. The topological polar surface area (TPSA) is 92.9 Å². The molecule has 3 rings (SSSR count). The van der Waals surface area contributed by atoms with Gasteiger partial charge in [-0.2, -0.15) is 31.4 Å². The quantitative estimate of drug-likeness (QED) is 0.597. The number of aromatic carboxylic acids is 1. The number of alkyl halides is 6. The van der Waals surface area contributed by atoms with E-state index in [1.165, 1.54) is 25.4 Å². The number of rotatable bonds is 4. The minimum Gasteiger partial charge on any atom is -0.477 e. The van der Waals surface area contributed by atoms with E-state index >= 15 is 0 Å². The predicted molar refractivity (Wildman–Crippen MR) is 90.9 cm³/mol. The molecule has 0 aliphatic carbocycles. The lowest BCUT2D eigenvalue weighted by molar-refractivity contribution is -0.143. The molecule has 30 heavy (non-hydrogen) atoms.